The molecule has 2 fully saturated rings. The molecule has 30 heavy (non-hydrogen) atoms. The molecule has 1 spiro atoms. The van der Waals surface area contributed by atoms with Gasteiger partial charge in [-0.25, -0.2) is 9.67 Å². The van der Waals surface area contributed by atoms with E-state index in [9.17, 15) is 9.59 Å². The Labute approximate surface area is 179 Å². The molecular formula is C21H29N5O3S. The van der Waals surface area contributed by atoms with E-state index in [1.165, 1.54) is 28.8 Å². The number of likely N-dealkylation sites (tertiary alicyclic amines) is 1. The summed E-state index contributed by atoms with van der Waals surface area (Å²) >= 11 is 1.68. The average molecular weight is 432 g/mol. The molecule has 1 saturated carbocycles. The number of fused-ring (bicyclic) bond motifs is 1. The van der Waals surface area contributed by atoms with E-state index in [1.54, 1.807) is 15.9 Å². The number of aryl methyl sites for hydroxylation is 1. The van der Waals surface area contributed by atoms with Gasteiger partial charge in [0.1, 0.15) is 12.2 Å². The van der Waals surface area contributed by atoms with E-state index in [0.29, 0.717) is 24.8 Å². The van der Waals surface area contributed by atoms with Gasteiger partial charge < -0.3 is 4.74 Å². The average Bonchev–Trinajstić information content (AvgIpc) is 3.34. The smallest absolute Gasteiger partial charge is 0.332 e. The summed E-state index contributed by atoms with van der Waals surface area (Å²) in [7, 11) is 0. The highest BCUT2D eigenvalue weighted by molar-refractivity contribution is 7.09. The van der Waals surface area contributed by atoms with Crippen LogP contribution in [0.3, 0.4) is 0 Å². The predicted molar refractivity (Wildman–Crippen MR) is 114 cm³/mol. The molecule has 1 atom stereocenters. The topological polar surface area (TPSA) is 82.3 Å². The number of rotatable bonds is 4. The number of hydrogen-bond acceptors (Lipinski definition) is 7. The van der Waals surface area contributed by atoms with Gasteiger partial charge in [-0.2, -0.15) is 5.10 Å². The van der Waals surface area contributed by atoms with Crippen molar-refractivity contribution in [2.45, 2.75) is 77.3 Å². The molecule has 3 aliphatic rings. The van der Waals surface area contributed by atoms with Gasteiger partial charge in [-0.1, -0.05) is 19.3 Å². The van der Waals surface area contributed by atoms with E-state index in [4.69, 9.17) is 4.74 Å². The van der Waals surface area contributed by atoms with Gasteiger partial charge in [0.2, 0.25) is 0 Å². The second-order valence-electron chi connectivity index (χ2n) is 9.09. The first-order valence-corrected chi connectivity index (χ1v) is 11.9. The van der Waals surface area contributed by atoms with Crippen LogP contribution in [0.4, 0.5) is 0 Å². The number of thiazole rings is 1. The molecule has 5 rings (SSSR count). The molecule has 9 heteroatoms. The van der Waals surface area contributed by atoms with Crippen molar-refractivity contribution in [2.24, 2.45) is 5.92 Å². The molecule has 0 radical (unpaired) electrons. The normalized spacial score (nSPS) is 25.1. The molecule has 1 saturated heterocycles. The molecule has 2 aliphatic heterocycles. The van der Waals surface area contributed by atoms with E-state index in [-0.39, 0.29) is 6.61 Å². The van der Waals surface area contributed by atoms with Gasteiger partial charge in [0.05, 0.1) is 17.7 Å². The van der Waals surface area contributed by atoms with Crippen molar-refractivity contribution in [1.29, 1.82) is 0 Å². The zero-order chi connectivity index (χ0) is 20.7. The summed E-state index contributed by atoms with van der Waals surface area (Å²) in [5.41, 5.74) is 1.61. The Morgan fingerprint density at radius 2 is 2.03 bits per heavy atom. The molecule has 1 aliphatic carbocycles. The van der Waals surface area contributed by atoms with Crippen LogP contribution in [-0.2, 0) is 31.0 Å². The molecule has 2 aromatic rings. The lowest BCUT2D eigenvalue weighted by molar-refractivity contribution is -0.0860. The fraction of sp³-hybridized carbons (Fsp3) is 0.714. The molecule has 8 nitrogen and oxygen atoms in total. The van der Waals surface area contributed by atoms with E-state index >= 15 is 0 Å². The van der Waals surface area contributed by atoms with Crippen molar-refractivity contribution in [1.82, 2.24) is 24.2 Å². The van der Waals surface area contributed by atoms with Crippen LogP contribution in [0.15, 0.2) is 15.1 Å². The van der Waals surface area contributed by atoms with Crippen molar-refractivity contribution in [3.63, 3.8) is 0 Å². The molecular weight excluding hydrogens is 402 g/mol. The molecule has 0 bridgehead atoms. The van der Waals surface area contributed by atoms with Crippen LogP contribution in [0.1, 0.15) is 54.9 Å². The lowest BCUT2D eigenvalue weighted by Gasteiger charge is -2.35. The van der Waals surface area contributed by atoms with Crippen LogP contribution in [-0.4, -0.2) is 42.9 Å². The minimum atomic E-state index is -0.489. The molecule has 1 unspecified atom stereocenters. The Balaban J connectivity index is 1.33. The van der Waals surface area contributed by atoms with Crippen LogP contribution in [0.2, 0.25) is 0 Å². The van der Waals surface area contributed by atoms with E-state index < -0.39 is 16.7 Å². The maximum atomic E-state index is 12.9. The first-order chi connectivity index (χ1) is 14.5. The maximum Gasteiger partial charge on any atom is 0.332 e. The van der Waals surface area contributed by atoms with Gasteiger partial charge >= 0.3 is 11.1 Å². The second kappa shape index (κ2) is 8.01. The summed E-state index contributed by atoms with van der Waals surface area (Å²) in [5.74, 6) is 1.03. The summed E-state index contributed by atoms with van der Waals surface area (Å²) in [4.78, 5) is 33.6. The highest BCUT2D eigenvalue weighted by atomic mass is 32.1. The third-order valence-corrected chi connectivity index (χ3v) is 7.85. The van der Waals surface area contributed by atoms with Gasteiger partial charge in [0, 0.05) is 31.1 Å². The van der Waals surface area contributed by atoms with Crippen molar-refractivity contribution in [3.05, 3.63) is 42.6 Å². The number of ether oxygens (including phenoxy) is 1. The van der Waals surface area contributed by atoms with Crippen LogP contribution in [0.25, 0.3) is 0 Å². The Hall–Kier alpha value is -1.84. The van der Waals surface area contributed by atoms with Gasteiger partial charge in [-0.15, -0.1) is 11.3 Å². The lowest BCUT2D eigenvalue weighted by Crippen LogP contribution is -2.53. The molecule has 162 valence electrons. The Morgan fingerprint density at radius 1 is 1.20 bits per heavy atom. The third kappa shape index (κ3) is 3.78. The zero-order valence-corrected chi connectivity index (χ0v) is 18.3. The quantitative estimate of drug-likeness (QED) is 0.688. The summed E-state index contributed by atoms with van der Waals surface area (Å²) in [5, 5.41) is 4.54. The Morgan fingerprint density at radius 3 is 2.80 bits per heavy atom. The number of nitrogens with zero attached hydrogens (tertiary/aromatic N) is 5. The first-order valence-electron chi connectivity index (χ1n) is 11.0. The van der Waals surface area contributed by atoms with Crippen LogP contribution >= 0.6 is 11.3 Å². The molecule has 0 amide bonds. The van der Waals surface area contributed by atoms with Crippen molar-refractivity contribution in [2.75, 3.05) is 13.1 Å². The van der Waals surface area contributed by atoms with Crippen LogP contribution in [0, 0.1) is 12.8 Å². The highest BCUT2D eigenvalue weighted by Crippen LogP contribution is 2.32. The molecule has 4 heterocycles. The standard InChI is InChI=1S/C21H29N5O3S/c1-15-17(30-14-22-15)10-24-8-7-21(12-24)13-25-18(11-29-21)23-26(20(28)19(25)27)9-16-5-3-2-4-6-16/h14,16H,2-13H2,1H3. The number of aromatic nitrogens is 4. The minimum absolute atomic E-state index is 0.285. The Kier molecular flexibility index (Phi) is 5.37. The van der Waals surface area contributed by atoms with Crippen LogP contribution < -0.4 is 11.1 Å². The predicted octanol–water partition coefficient (Wildman–Crippen LogP) is 1.93. The molecule has 2 aromatic heterocycles. The van der Waals surface area contributed by atoms with Gasteiger partial charge in [0.25, 0.3) is 0 Å². The van der Waals surface area contributed by atoms with Crippen molar-refractivity contribution < 1.29 is 4.74 Å². The maximum absolute atomic E-state index is 12.9. The van der Waals surface area contributed by atoms with E-state index in [2.05, 4.69) is 15.0 Å². The van der Waals surface area contributed by atoms with E-state index in [1.807, 2.05) is 12.4 Å². The molecule has 0 aromatic carbocycles. The summed E-state index contributed by atoms with van der Waals surface area (Å²) in [6.45, 7) is 5.79. The van der Waals surface area contributed by atoms with Gasteiger partial charge in [-0.3, -0.25) is 19.1 Å². The summed E-state index contributed by atoms with van der Waals surface area (Å²) in [6.07, 6.45) is 6.74. The van der Waals surface area contributed by atoms with Crippen LogP contribution in [0.5, 0.6) is 0 Å². The monoisotopic (exact) mass is 431 g/mol. The van der Waals surface area contributed by atoms with E-state index in [0.717, 1.165) is 44.6 Å². The number of hydrogen-bond donors (Lipinski definition) is 0. The fourth-order valence-corrected chi connectivity index (χ4v) is 5.95. The third-order valence-electron chi connectivity index (χ3n) is 6.93. The van der Waals surface area contributed by atoms with Gasteiger partial charge in [0.15, 0.2) is 5.82 Å². The SMILES string of the molecule is Cc1ncsc1CN1CCC2(C1)Cn1c(nn(CC3CCCCC3)c(=O)c1=O)CO2. The zero-order valence-electron chi connectivity index (χ0n) is 17.5. The lowest BCUT2D eigenvalue weighted by atomic mass is 9.89. The summed E-state index contributed by atoms with van der Waals surface area (Å²) in [6, 6.07) is 0. The van der Waals surface area contributed by atoms with Crippen molar-refractivity contribution in [3.8, 4) is 0 Å². The first kappa shape index (κ1) is 20.1. The highest BCUT2D eigenvalue weighted by Gasteiger charge is 2.43. The fourth-order valence-electron chi connectivity index (χ4n) is 5.13. The minimum Gasteiger partial charge on any atom is -0.364 e. The van der Waals surface area contributed by atoms with Gasteiger partial charge in [-0.05, 0) is 32.1 Å². The summed E-state index contributed by atoms with van der Waals surface area (Å²) < 4.78 is 9.26. The van der Waals surface area contributed by atoms with Crippen molar-refractivity contribution >= 4 is 11.3 Å². The second-order valence-corrected chi connectivity index (χ2v) is 10.0. The Bertz CT molecular complexity index is 1040. The largest absolute Gasteiger partial charge is 0.364 e. The molecule has 0 N–H and O–H groups in total.